The molecule has 0 bridgehead atoms. The van der Waals surface area contributed by atoms with E-state index >= 15 is 0 Å². The lowest BCUT2D eigenvalue weighted by Gasteiger charge is -2.22. The Morgan fingerprint density at radius 3 is 2.62 bits per heavy atom. The van der Waals surface area contributed by atoms with Crippen LogP contribution in [-0.4, -0.2) is 15.3 Å². The second kappa shape index (κ2) is 6.80. The molecule has 1 aliphatic rings. The average Bonchev–Trinajstić information content (AvgIpc) is 2.83. The quantitative estimate of drug-likeness (QED) is 0.857. The number of ketones is 1. The molecule has 2 heterocycles. The van der Waals surface area contributed by atoms with E-state index in [0.717, 1.165) is 29.1 Å². The molecule has 1 saturated carbocycles. The first-order valence-corrected chi connectivity index (χ1v) is 8.90. The van der Waals surface area contributed by atoms with Crippen LogP contribution in [0.3, 0.4) is 0 Å². The molecular weight excluding hydrogens is 298 g/mol. The van der Waals surface area contributed by atoms with Gasteiger partial charge in [0.05, 0.1) is 11.0 Å². The maximum atomic E-state index is 12.0. The zero-order chi connectivity index (χ0) is 17.3. The van der Waals surface area contributed by atoms with Gasteiger partial charge in [-0.15, -0.1) is 0 Å². The van der Waals surface area contributed by atoms with Crippen LogP contribution in [0.1, 0.15) is 57.1 Å². The number of fused-ring (bicyclic) bond motifs is 1. The Labute approximate surface area is 143 Å². The number of carbonyl (C=O) groups excluding carboxylic acids is 1. The molecule has 0 aliphatic heterocycles. The van der Waals surface area contributed by atoms with Crippen LogP contribution in [0, 0.1) is 12.8 Å². The van der Waals surface area contributed by atoms with Gasteiger partial charge in [-0.05, 0) is 51.2 Å². The van der Waals surface area contributed by atoms with Gasteiger partial charge >= 0.3 is 0 Å². The van der Waals surface area contributed by atoms with Crippen molar-refractivity contribution in [3.05, 3.63) is 35.3 Å². The summed E-state index contributed by atoms with van der Waals surface area (Å²) in [5.74, 6) is 0.731. The summed E-state index contributed by atoms with van der Waals surface area (Å²) in [4.78, 5) is 16.6. The zero-order valence-electron chi connectivity index (χ0n) is 14.9. The van der Waals surface area contributed by atoms with Crippen LogP contribution < -0.4 is 5.73 Å². The van der Waals surface area contributed by atoms with Gasteiger partial charge in [-0.2, -0.15) is 0 Å². The lowest BCUT2D eigenvalue weighted by Crippen LogP contribution is -2.13. The minimum Gasteiger partial charge on any atom is -0.402 e. The molecule has 0 spiro atoms. The van der Waals surface area contributed by atoms with Crippen LogP contribution in [0.2, 0.25) is 0 Å². The third-order valence-corrected chi connectivity index (χ3v) is 5.11. The number of allylic oxidation sites excluding steroid dienone is 2. The molecule has 1 aliphatic carbocycles. The summed E-state index contributed by atoms with van der Waals surface area (Å²) in [6.07, 6.45) is 10.6. The lowest BCUT2D eigenvalue weighted by atomic mass is 9.89. The summed E-state index contributed by atoms with van der Waals surface area (Å²) in [5, 5.41) is 0. The molecule has 2 aromatic rings. The van der Waals surface area contributed by atoms with Crippen molar-refractivity contribution in [1.29, 1.82) is 0 Å². The van der Waals surface area contributed by atoms with E-state index < -0.39 is 0 Å². The molecule has 1 fully saturated rings. The fourth-order valence-electron chi connectivity index (χ4n) is 3.98. The van der Waals surface area contributed by atoms with Crippen molar-refractivity contribution in [2.75, 3.05) is 0 Å². The highest BCUT2D eigenvalue weighted by molar-refractivity contribution is 6.20. The van der Waals surface area contributed by atoms with Crippen LogP contribution >= 0.6 is 0 Å². The first-order chi connectivity index (χ1) is 11.5. The normalized spacial score (nSPS) is 17.1. The van der Waals surface area contributed by atoms with Crippen molar-refractivity contribution >= 4 is 22.4 Å². The molecule has 0 atom stereocenters. The minimum absolute atomic E-state index is 0.0155. The summed E-state index contributed by atoms with van der Waals surface area (Å²) in [6.45, 7) is 6.47. The van der Waals surface area contributed by atoms with Gasteiger partial charge in [-0.3, -0.25) is 9.78 Å². The van der Waals surface area contributed by atoms with Crippen LogP contribution in [0.15, 0.2) is 24.2 Å². The van der Waals surface area contributed by atoms with Crippen molar-refractivity contribution in [3.8, 4) is 0 Å². The van der Waals surface area contributed by atoms with Crippen molar-refractivity contribution in [2.45, 2.75) is 59.4 Å². The van der Waals surface area contributed by atoms with Gasteiger partial charge in [0.2, 0.25) is 0 Å². The fraction of sp³-hybridized carbons (Fsp3) is 0.500. The van der Waals surface area contributed by atoms with Crippen molar-refractivity contribution in [2.24, 2.45) is 11.7 Å². The molecule has 0 amide bonds. The number of nitrogens with two attached hydrogens (primary N) is 1. The van der Waals surface area contributed by atoms with E-state index in [9.17, 15) is 4.79 Å². The molecule has 4 nitrogen and oxygen atoms in total. The Morgan fingerprint density at radius 1 is 1.29 bits per heavy atom. The van der Waals surface area contributed by atoms with Crippen LogP contribution in [0.5, 0.6) is 0 Å². The van der Waals surface area contributed by atoms with Gasteiger partial charge in [-0.1, -0.05) is 19.3 Å². The van der Waals surface area contributed by atoms with Crippen LogP contribution in [0.25, 0.3) is 16.6 Å². The predicted octanol–water partition coefficient (Wildman–Crippen LogP) is 4.20. The van der Waals surface area contributed by atoms with Crippen molar-refractivity contribution in [1.82, 2.24) is 9.55 Å². The number of Topliss-reactive ketones (excluding diaryl/α,β-unsaturated/α-hetero) is 1. The van der Waals surface area contributed by atoms with Crippen molar-refractivity contribution in [3.63, 3.8) is 0 Å². The van der Waals surface area contributed by atoms with Crippen molar-refractivity contribution < 1.29 is 4.79 Å². The Morgan fingerprint density at radius 2 is 2.00 bits per heavy atom. The molecule has 2 aromatic heterocycles. The first kappa shape index (κ1) is 16.7. The molecule has 0 aromatic carbocycles. The Balaban J connectivity index is 2.02. The number of carbonyl (C=O) groups is 1. The maximum absolute atomic E-state index is 12.0. The largest absolute Gasteiger partial charge is 0.402 e. The van der Waals surface area contributed by atoms with E-state index in [1.165, 1.54) is 37.7 Å². The van der Waals surface area contributed by atoms with E-state index in [-0.39, 0.29) is 5.78 Å². The summed E-state index contributed by atoms with van der Waals surface area (Å²) in [5.41, 5.74) is 11.2. The number of hydrogen-bond donors (Lipinski definition) is 1. The summed E-state index contributed by atoms with van der Waals surface area (Å²) < 4.78 is 2.32. The van der Waals surface area contributed by atoms with Gasteiger partial charge in [0.15, 0.2) is 5.78 Å². The fourth-order valence-corrected chi connectivity index (χ4v) is 3.98. The van der Waals surface area contributed by atoms with E-state index in [0.29, 0.717) is 11.3 Å². The molecule has 0 radical (unpaired) electrons. The van der Waals surface area contributed by atoms with Gasteiger partial charge in [0, 0.05) is 35.8 Å². The smallest absolute Gasteiger partial charge is 0.162 e. The van der Waals surface area contributed by atoms with Gasteiger partial charge in [-0.25, -0.2) is 0 Å². The molecule has 24 heavy (non-hydrogen) atoms. The highest BCUT2D eigenvalue weighted by Gasteiger charge is 2.18. The molecular formula is C20H27N3O. The maximum Gasteiger partial charge on any atom is 0.162 e. The Kier molecular flexibility index (Phi) is 4.74. The molecule has 0 unspecified atom stereocenters. The Hall–Kier alpha value is -2.10. The molecule has 2 N–H and O–H groups in total. The monoisotopic (exact) mass is 325 g/mol. The number of aryl methyl sites for hydroxylation is 1. The molecule has 128 valence electrons. The molecule has 3 rings (SSSR count). The number of pyridine rings is 1. The standard InChI is InChI=1S/C20H27N3O/c1-13-11-23(12-16-7-5-4-6-8-16)18-9-17(10-22-20(13)18)19(14(2)21)15(3)24/h9-11,16H,4-8,12,21H2,1-3H3. The third-order valence-electron chi connectivity index (χ3n) is 5.11. The first-order valence-electron chi connectivity index (χ1n) is 8.90. The van der Waals surface area contributed by atoms with Gasteiger partial charge < -0.3 is 10.3 Å². The highest BCUT2D eigenvalue weighted by atomic mass is 16.1. The summed E-state index contributed by atoms with van der Waals surface area (Å²) in [7, 11) is 0. The van der Waals surface area contributed by atoms with Crippen LogP contribution in [-0.2, 0) is 11.3 Å². The second-order valence-corrected chi connectivity index (χ2v) is 7.17. The van der Waals surface area contributed by atoms with E-state index in [1.54, 1.807) is 20.0 Å². The van der Waals surface area contributed by atoms with E-state index in [1.807, 2.05) is 0 Å². The zero-order valence-corrected chi connectivity index (χ0v) is 14.9. The number of rotatable bonds is 4. The molecule has 0 saturated heterocycles. The second-order valence-electron chi connectivity index (χ2n) is 7.17. The number of hydrogen-bond acceptors (Lipinski definition) is 3. The Bertz CT molecular complexity index is 791. The predicted molar refractivity (Wildman–Crippen MR) is 98.5 cm³/mol. The SMILES string of the molecule is CC(=O)C(=C(C)N)c1cnc2c(C)cn(CC3CCCCC3)c2c1. The molecule has 4 heteroatoms. The van der Waals surface area contributed by atoms with E-state index in [4.69, 9.17) is 5.73 Å². The number of nitrogens with zero attached hydrogens (tertiary/aromatic N) is 2. The van der Waals surface area contributed by atoms with Gasteiger partial charge in [0.25, 0.3) is 0 Å². The average molecular weight is 325 g/mol. The third kappa shape index (κ3) is 3.23. The highest BCUT2D eigenvalue weighted by Crippen LogP contribution is 2.29. The van der Waals surface area contributed by atoms with E-state index in [2.05, 4.69) is 28.7 Å². The summed E-state index contributed by atoms with van der Waals surface area (Å²) in [6, 6.07) is 2.07. The topological polar surface area (TPSA) is 60.9 Å². The summed E-state index contributed by atoms with van der Waals surface area (Å²) >= 11 is 0. The minimum atomic E-state index is -0.0155. The van der Waals surface area contributed by atoms with Gasteiger partial charge in [0.1, 0.15) is 0 Å². The number of aromatic nitrogens is 2. The van der Waals surface area contributed by atoms with Crippen LogP contribution in [0.4, 0.5) is 0 Å². The lowest BCUT2D eigenvalue weighted by molar-refractivity contribution is -0.111.